The van der Waals surface area contributed by atoms with E-state index in [0.29, 0.717) is 16.3 Å². The highest BCUT2D eigenvalue weighted by molar-refractivity contribution is 6.35. The van der Waals surface area contributed by atoms with Crippen LogP contribution >= 0.6 is 23.2 Å². The Morgan fingerprint density at radius 2 is 1.84 bits per heavy atom. The number of ether oxygens (including phenoxy) is 2. The van der Waals surface area contributed by atoms with E-state index in [1.165, 1.54) is 6.07 Å². The van der Waals surface area contributed by atoms with Crippen LogP contribution in [-0.4, -0.2) is 30.0 Å². The molecule has 128 valence electrons. The van der Waals surface area contributed by atoms with Gasteiger partial charge in [-0.05, 0) is 24.3 Å². The topological polar surface area (TPSA) is 68.4 Å². The molecule has 0 saturated heterocycles. The highest BCUT2D eigenvalue weighted by atomic mass is 35.5. The number of hydrogen-bond donors (Lipinski definition) is 1. The molecule has 3 rings (SSSR count). The lowest BCUT2D eigenvalue weighted by molar-refractivity contribution is -0.144. The second-order valence-electron chi connectivity index (χ2n) is 5.20. The number of hydrogen-bond acceptors (Lipinski definition) is 4. The molecular formula is C18H13Cl2NO4. The molecule has 0 bridgehead atoms. The highest BCUT2D eigenvalue weighted by Crippen LogP contribution is 2.27. The van der Waals surface area contributed by atoms with Crippen molar-refractivity contribution in [3.05, 3.63) is 64.3 Å². The SMILES string of the molecule is O=C(COc1ccc(Cl)cc1Cl)OCC(=O)c1c[nH]c2ccccc12. The number of aromatic amines is 1. The number of Topliss-reactive ketones (excluding diaryl/α,β-unsaturated/α-hetero) is 1. The van der Waals surface area contributed by atoms with Crippen molar-refractivity contribution in [2.24, 2.45) is 0 Å². The van der Waals surface area contributed by atoms with Gasteiger partial charge in [0.05, 0.1) is 5.02 Å². The van der Waals surface area contributed by atoms with Gasteiger partial charge in [0.25, 0.3) is 0 Å². The van der Waals surface area contributed by atoms with Gasteiger partial charge in [-0.15, -0.1) is 0 Å². The van der Waals surface area contributed by atoms with Crippen LogP contribution in [0.4, 0.5) is 0 Å². The maximum atomic E-state index is 12.2. The molecule has 7 heteroatoms. The molecule has 0 aliphatic heterocycles. The molecule has 1 aromatic heterocycles. The molecule has 2 aromatic carbocycles. The van der Waals surface area contributed by atoms with Crippen LogP contribution in [0.1, 0.15) is 10.4 Å². The van der Waals surface area contributed by atoms with Crippen molar-refractivity contribution in [1.82, 2.24) is 4.98 Å². The van der Waals surface area contributed by atoms with Gasteiger partial charge in [-0.1, -0.05) is 41.4 Å². The first-order valence-electron chi connectivity index (χ1n) is 7.37. The molecule has 0 spiro atoms. The van der Waals surface area contributed by atoms with Gasteiger partial charge in [0.1, 0.15) is 5.75 Å². The van der Waals surface area contributed by atoms with Gasteiger partial charge in [0.2, 0.25) is 5.78 Å². The van der Waals surface area contributed by atoms with Gasteiger partial charge in [-0.3, -0.25) is 4.79 Å². The quantitative estimate of drug-likeness (QED) is 0.514. The maximum Gasteiger partial charge on any atom is 0.344 e. The second-order valence-corrected chi connectivity index (χ2v) is 6.04. The molecule has 0 atom stereocenters. The number of esters is 1. The van der Waals surface area contributed by atoms with Crippen molar-refractivity contribution in [2.45, 2.75) is 0 Å². The lowest BCUT2D eigenvalue weighted by Gasteiger charge is -2.08. The number of ketones is 1. The number of aromatic nitrogens is 1. The van der Waals surface area contributed by atoms with E-state index in [1.54, 1.807) is 18.3 Å². The number of H-pyrrole nitrogens is 1. The van der Waals surface area contributed by atoms with E-state index in [2.05, 4.69) is 4.98 Å². The largest absolute Gasteiger partial charge is 0.480 e. The molecule has 0 aliphatic rings. The molecule has 0 radical (unpaired) electrons. The first kappa shape index (κ1) is 17.3. The predicted octanol–water partition coefficient (Wildman–Crippen LogP) is 4.28. The summed E-state index contributed by atoms with van der Waals surface area (Å²) < 4.78 is 10.2. The van der Waals surface area contributed by atoms with Gasteiger partial charge < -0.3 is 14.5 Å². The first-order chi connectivity index (χ1) is 12.0. The van der Waals surface area contributed by atoms with E-state index < -0.39 is 5.97 Å². The standard InChI is InChI=1S/C18H13Cl2NO4/c19-11-5-6-17(14(20)7-11)24-10-18(23)25-9-16(22)13-8-21-15-4-2-1-3-12(13)15/h1-8,21H,9-10H2. The lowest BCUT2D eigenvalue weighted by atomic mass is 10.1. The van der Waals surface area contributed by atoms with Gasteiger partial charge in [-0.25, -0.2) is 4.79 Å². The number of para-hydroxylation sites is 1. The Balaban J connectivity index is 1.54. The average Bonchev–Trinajstić information content (AvgIpc) is 3.03. The third-order valence-electron chi connectivity index (χ3n) is 3.49. The summed E-state index contributed by atoms with van der Waals surface area (Å²) in [5.41, 5.74) is 1.32. The van der Waals surface area contributed by atoms with Crippen molar-refractivity contribution < 1.29 is 19.1 Å². The number of rotatable bonds is 6. The summed E-state index contributed by atoms with van der Waals surface area (Å²) in [6.07, 6.45) is 1.60. The fourth-order valence-electron chi connectivity index (χ4n) is 2.30. The van der Waals surface area contributed by atoms with Gasteiger partial charge >= 0.3 is 5.97 Å². The third kappa shape index (κ3) is 4.13. The Labute approximate surface area is 153 Å². The van der Waals surface area contributed by atoms with Crippen LogP contribution in [0.25, 0.3) is 10.9 Å². The zero-order valence-electron chi connectivity index (χ0n) is 12.9. The summed E-state index contributed by atoms with van der Waals surface area (Å²) in [6, 6.07) is 12.0. The predicted molar refractivity (Wildman–Crippen MR) is 95.5 cm³/mol. The zero-order valence-corrected chi connectivity index (χ0v) is 14.4. The minimum absolute atomic E-state index is 0.287. The molecule has 5 nitrogen and oxygen atoms in total. The third-order valence-corrected chi connectivity index (χ3v) is 4.02. The second kappa shape index (κ2) is 7.59. The lowest BCUT2D eigenvalue weighted by Crippen LogP contribution is -2.19. The number of fused-ring (bicyclic) bond motifs is 1. The Kier molecular flexibility index (Phi) is 5.26. The fraction of sp³-hybridized carbons (Fsp3) is 0.111. The Morgan fingerprint density at radius 3 is 2.64 bits per heavy atom. The molecule has 0 fully saturated rings. The van der Waals surface area contributed by atoms with E-state index in [-0.39, 0.29) is 24.0 Å². The maximum absolute atomic E-state index is 12.2. The van der Waals surface area contributed by atoms with Gasteiger partial charge in [0.15, 0.2) is 13.2 Å². The molecule has 0 amide bonds. The van der Waals surface area contributed by atoms with Crippen molar-refractivity contribution in [3.63, 3.8) is 0 Å². The van der Waals surface area contributed by atoms with Gasteiger partial charge in [0, 0.05) is 27.7 Å². The summed E-state index contributed by atoms with van der Waals surface area (Å²) in [6.45, 7) is -0.721. The number of carbonyl (C=O) groups excluding carboxylic acids is 2. The summed E-state index contributed by atoms with van der Waals surface area (Å²) >= 11 is 11.7. The number of nitrogens with one attached hydrogen (secondary N) is 1. The Morgan fingerprint density at radius 1 is 1.04 bits per heavy atom. The Bertz CT molecular complexity index is 936. The molecule has 1 N–H and O–H groups in total. The van der Waals surface area contributed by atoms with E-state index in [4.69, 9.17) is 32.7 Å². The van der Waals surface area contributed by atoms with Crippen molar-refractivity contribution in [1.29, 1.82) is 0 Å². The van der Waals surface area contributed by atoms with Crippen molar-refractivity contribution >= 4 is 45.9 Å². The molecule has 1 heterocycles. The number of benzene rings is 2. The van der Waals surface area contributed by atoms with Gasteiger partial charge in [-0.2, -0.15) is 0 Å². The monoisotopic (exact) mass is 377 g/mol. The zero-order chi connectivity index (χ0) is 17.8. The normalized spacial score (nSPS) is 10.6. The smallest absolute Gasteiger partial charge is 0.344 e. The molecule has 25 heavy (non-hydrogen) atoms. The van der Waals surface area contributed by atoms with E-state index in [1.807, 2.05) is 24.3 Å². The summed E-state index contributed by atoms with van der Waals surface area (Å²) in [4.78, 5) is 27.0. The van der Waals surface area contributed by atoms with Crippen LogP contribution in [0.15, 0.2) is 48.7 Å². The minimum atomic E-state index is -0.667. The molecule has 0 unspecified atom stereocenters. The fourth-order valence-corrected chi connectivity index (χ4v) is 2.76. The van der Waals surface area contributed by atoms with E-state index in [0.717, 1.165) is 10.9 Å². The van der Waals surface area contributed by atoms with Crippen LogP contribution in [0, 0.1) is 0 Å². The van der Waals surface area contributed by atoms with Crippen LogP contribution in [0.2, 0.25) is 10.0 Å². The molecule has 3 aromatic rings. The van der Waals surface area contributed by atoms with E-state index in [9.17, 15) is 9.59 Å². The Hall–Kier alpha value is -2.50. The molecule has 0 saturated carbocycles. The van der Waals surface area contributed by atoms with Crippen molar-refractivity contribution in [3.8, 4) is 5.75 Å². The number of halogens is 2. The summed E-state index contributed by atoms with van der Waals surface area (Å²) in [5.74, 6) is -0.652. The van der Waals surface area contributed by atoms with Crippen LogP contribution < -0.4 is 4.74 Å². The van der Waals surface area contributed by atoms with Crippen LogP contribution in [0.5, 0.6) is 5.75 Å². The van der Waals surface area contributed by atoms with Crippen LogP contribution in [0.3, 0.4) is 0 Å². The van der Waals surface area contributed by atoms with E-state index >= 15 is 0 Å². The minimum Gasteiger partial charge on any atom is -0.480 e. The first-order valence-corrected chi connectivity index (χ1v) is 8.13. The van der Waals surface area contributed by atoms with Crippen molar-refractivity contribution in [2.75, 3.05) is 13.2 Å². The summed E-state index contributed by atoms with van der Waals surface area (Å²) in [7, 11) is 0. The average molecular weight is 378 g/mol. The molecule has 0 aliphatic carbocycles. The summed E-state index contributed by atoms with van der Waals surface area (Å²) in [5, 5.41) is 1.53. The number of carbonyl (C=O) groups is 2. The highest BCUT2D eigenvalue weighted by Gasteiger charge is 2.15. The van der Waals surface area contributed by atoms with Crippen LogP contribution in [-0.2, 0) is 9.53 Å². The molecular weight excluding hydrogens is 365 g/mol.